The van der Waals surface area contributed by atoms with Crippen LogP contribution in [0.4, 0.5) is 5.69 Å². The molecule has 0 saturated carbocycles. The Morgan fingerprint density at radius 3 is 2.34 bits per heavy atom. The van der Waals surface area contributed by atoms with Crippen LogP contribution in [-0.4, -0.2) is 66.1 Å². The summed E-state index contributed by atoms with van der Waals surface area (Å²) in [6, 6.07) is 16.3. The molecule has 1 fully saturated rings. The summed E-state index contributed by atoms with van der Waals surface area (Å²) in [5.74, 6) is -0.588. The van der Waals surface area contributed by atoms with E-state index in [1.807, 2.05) is 38.2 Å². The van der Waals surface area contributed by atoms with E-state index in [0.29, 0.717) is 17.9 Å². The van der Waals surface area contributed by atoms with Gasteiger partial charge in [-0.2, -0.15) is 0 Å². The van der Waals surface area contributed by atoms with Crippen LogP contribution in [0.25, 0.3) is 10.9 Å². The second-order valence-corrected chi connectivity index (χ2v) is 8.33. The van der Waals surface area contributed by atoms with Crippen LogP contribution in [0.3, 0.4) is 0 Å². The fraction of sp³-hybridized carbons (Fsp3) is 0.360. The molecule has 0 radical (unpaired) electrons. The average Bonchev–Trinajstić information content (AvgIpc) is 3.08. The first-order chi connectivity index (χ1) is 15.5. The Kier molecular flexibility index (Phi) is 6.58. The molecule has 0 spiro atoms. The third kappa shape index (κ3) is 4.54. The zero-order chi connectivity index (χ0) is 22.7. The molecule has 32 heavy (non-hydrogen) atoms. The predicted molar refractivity (Wildman–Crippen MR) is 126 cm³/mol. The van der Waals surface area contributed by atoms with Crippen molar-refractivity contribution in [3.63, 3.8) is 0 Å². The van der Waals surface area contributed by atoms with Crippen LogP contribution in [-0.2, 0) is 23.1 Å². The predicted octanol–water partition coefficient (Wildman–Crippen LogP) is 3.03. The molecule has 1 amide bonds. The van der Waals surface area contributed by atoms with E-state index in [4.69, 9.17) is 4.74 Å². The molecule has 1 N–H and O–H groups in total. The Bertz CT molecular complexity index is 1120. The Labute approximate surface area is 188 Å². The zero-order valence-electron chi connectivity index (χ0n) is 18.9. The molecule has 1 aliphatic heterocycles. The van der Waals surface area contributed by atoms with Crippen LogP contribution in [0.1, 0.15) is 21.6 Å². The van der Waals surface area contributed by atoms with Crippen molar-refractivity contribution in [1.82, 2.24) is 14.4 Å². The van der Waals surface area contributed by atoms with E-state index in [0.717, 1.165) is 49.2 Å². The average molecular weight is 435 g/mol. The smallest absolute Gasteiger partial charge is 0.356 e. The number of carbonyl (C=O) groups excluding carboxylic acids is 2. The van der Waals surface area contributed by atoms with Gasteiger partial charge >= 0.3 is 5.97 Å². The van der Waals surface area contributed by atoms with E-state index < -0.39 is 5.97 Å². The number of piperazine rings is 1. The molecule has 1 aromatic heterocycles. The van der Waals surface area contributed by atoms with Crippen molar-refractivity contribution < 1.29 is 14.3 Å². The monoisotopic (exact) mass is 434 g/mol. The lowest BCUT2D eigenvalue weighted by molar-refractivity contribution is -0.117. The van der Waals surface area contributed by atoms with Crippen molar-refractivity contribution in [2.24, 2.45) is 7.05 Å². The van der Waals surface area contributed by atoms with Crippen molar-refractivity contribution >= 4 is 28.5 Å². The van der Waals surface area contributed by atoms with E-state index in [1.165, 1.54) is 12.7 Å². The second-order valence-electron chi connectivity index (χ2n) is 8.33. The SMILES string of the molecule is COC(=O)c1c(NC(=O)CN2CCN(Cc3ccccc3)CC2)c2c(C)cccc2n1C. The summed E-state index contributed by atoms with van der Waals surface area (Å²) in [5, 5.41) is 3.88. The lowest BCUT2D eigenvalue weighted by atomic mass is 10.1. The fourth-order valence-electron chi connectivity index (χ4n) is 4.45. The second kappa shape index (κ2) is 9.54. The molecular weight excluding hydrogens is 404 g/mol. The number of hydrogen-bond donors (Lipinski definition) is 1. The van der Waals surface area contributed by atoms with Gasteiger partial charge in [-0.05, 0) is 24.1 Å². The maximum atomic E-state index is 13.0. The normalized spacial score (nSPS) is 15.1. The van der Waals surface area contributed by atoms with Gasteiger partial charge in [0, 0.05) is 45.2 Å². The summed E-state index contributed by atoms with van der Waals surface area (Å²) in [5.41, 5.74) is 4.08. The molecule has 0 aliphatic carbocycles. The number of aromatic nitrogens is 1. The highest BCUT2D eigenvalue weighted by Gasteiger charge is 2.25. The number of amides is 1. The number of anilines is 1. The molecule has 4 rings (SSSR count). The molecule has 2 heterocycles. The summed E-state index contributed by atoms with van der Waals surface area (Å²) < 4.78 is 6.78. The van der Waals surface area contributed by atoms with E-state index in [1.54, 1.807) is 4.57 Å². The molecule has 0 unspecified atom stereocenters. The molecule has 1 saturated heterocycles. The van der Waals surface area contributed by atoms with E-state index in [9.17, 15) is 9.59 Å². The quantitative estimate of drug-likeness (QED) is 0.604. The Balaban J connectivity index is 1.43. The number of esters is 1. The van der Waals surface area contributed by atoms with Crippen molar-refractivity contribution in [2.75, 3.05) is 45.2 Å². The van der Waals surface area contributed by atoms with Gasteiger partial charge < -0.3 is 14.6 Å². The van der Waals surface area contributed by atoms with Crippen LogP contribution in [0.2, 0.25) is 0 Å². The van der Waals surface area contributed by atoms with Gasteiger partial charge in [-0.25, -0.2) is 4.79 Å². The number of hydrogen-bond acceptors (Lipinski definition) is 5. The summed E-state index contributed by atoms with van der Waals surface area (Å²) in [6.45, 7) is 6.70. The topological polar surface area (TPSA) is 66.8 Å². The number of benzene rings is 2. The van der Waals surface area contributed by atoms with E-state index in [-0.39, 0.29) is 5.91 Å². The van der Waals surface area contributed by atoms with Crippen LogP contribution in [0.15, 0.2) is 48.5 Å². The number of carbonyl (C=O) groups is 2. The molecular formula is C25H30N4O3. The summed E-state index contributed by atoms with van der Waals surface area (Å²) in [4.78, 5) is 30.0. The number of methoxy groups -OCH3 is 1. The van der Waals surface area contributed by atoms with Crippen LogP contribution in [0, 0.1) is 6.92 Å². The molecule has 7 nitrogen and oxygen atoms in total. The lowest BCUT2D eigenvalue weighted by Gasteiger charge is -2.34. The molecule has 0 atom stereocenters. The maximum Gasteiger partial charge on any atom is 0.356 e. The lowest BCUT2D eigenvalue weighted by Crippen LogP contribution is -2.48. The van der Waals surface area contributed by atoms with Crippen molar-refractivity contribution in [2.45, 2.75) is 13.5 Å². The third-order valence-electron chi connectivity index (χ3n) is 6.16. The molecule has 168 valence electrons. The highest BCUT2D eigenvalue weighted by atomic mass is 16.5. The minimum atomic E-state index is -0.465. The van der Waals surface area contributed by atoms with Gasteiger partial charge in [-0.15, -0.1) is 0 Å². The first-order valence-electron chi connectivity index (χ1n) is 10.9. The van der Waals surface area contributed by atoms with Gasteiger partial charge in [-0.3, -0.25) is 14.6 Å². The first-order valence-corrected chi connectivity index (χ1v) is 10.9. The standard InChI is InChI=1S/C25H30N4O3/c1-18-8-7-11-20-22(18)23(24(27(20)2)25(31)32-3)26-21(30)17-29-14-12-28(13-15-29)16-19-9-5-4-6-10-19/h4-11H,12-17H2,1-3H3,(H,26,30). The number of rotatable bonds is 6. The Morgan fingerprint density at radius 2 is 1.66 bits per heavy atom. The Morgan fingerprint density at radius 1 is 0.969 bits per heavy atom. The third-order valence-corrected chi connectivity index (χ3v) is 6.16. The number of nitrogens with one attached hydrogen (secondary N) is 1. The van der Waals surface area contributed by atoms with Gasteiger partial charge in [-0.1, -0.05) is 42.5 Å². The van der Waals surface area contributed by atoms with Crippen molar-refractivity contribution in [3.05, 3.63) is 65.4 Å². The van der Waals surface area contributed by atoms with Crippen LogP contribution in [0.5, 0.6) is 0 Å². The molecule has 3 aromatic rings. The van der Waals surface area contributed by atoms with Crippen molar-refractivity contribution in [3.8, 4) is 0 Å². The largest absolute Gasteiger partial charge is 0.464 e. The van der Waals surface area contributed by atoms with Crippen LogP contribution < -0.4 is 5.32 Å². The van der Waals surface area contributed by atoms with E-state index >= 15 is 0 Å². The summed E-state index contributed by atoms with van der Waals surface area (Å²) >= 11 is 0. The first kappa shape index (κ1) is 22.0. The maximum absolute atomic E-state index is 13.0. The molecule has 1 aliphatic rings. The summed E-state index contributed by atoms with van der Waals surface area (Å²) in [7, 11) is 3.17. The number of fused-ring (bicyclic) bond motifs is 1. The number of ether oxygens (including phenoxy) is 1. The zero-order valence-corrected chi connectivity index (χ0v) is 18.9. The number of aryl methyl sites for hydroxylation is 2. The molecule has 7 heteroatoms. The van der Waals surface area contributed by atoms with Gasteiger partial charge in [0.1, 0.15) is 0 Å². The van der Waals surface area contributed by atoms with Gasteiger partial charge in [0.05, 0.1) is 24.9 Å². The minimum Gasteiger partial charge on any atom is -0.464 e. The summed E-state index contributed by atoms with van der Waals surface area (Å²) in [6.07, 6.45) is 0. The van der Waals surface area contributed by atoms with Crippen molar-refractivity contribution in [1.29, 1.82) is 0 Å². The highest BCUT2D eigenvalue weighted by Crippen LogP contribution is 2.33. The van der Waals surface area contributed by atoms with Gasteiger partial charge in [0.25, 0.3) is 0 Å². The Hall–Kier alpha value is -3.16. The van der Waals surface area contributed by atoms with Gasteiger partial charge in [0.15, 0.2) is 5.69 Å². The molecule has 0 bridgehead atoms. The van der Waals surface area contributed by atoms with Crippen LogP contribution >= 0.6 is 0 Å². The van der Waals surface area contributed by atoms with Gasteiger partial charge in [0.2, 0.25) is 5.91 Å². The molecule has 2 aromatic carbocycles. The highest BCUT2D eigenvalue weighted by molar-refractivity contribution is 6.12. The fourth-order valence-corrected chi connectivity index (χ4v) is 4.45. The van der Waals surface area contributed by atoms with E-state index in [2.05, 4.69) is 39.4 Å². The number of nitrogens with zero attached hydrogens (tertiary/aromatic N) is 3. The minimum absolute atomic E-state index is 0.123.